The smallest absolute Gasteiger partial charge is 0.259 e. The van der Waals surface area contributed by atoms with Crippen molar-refractivity contribution in [3.05, 3.63) is 52.5 Å². The maximum absolute atomic E-state index is 12.6. The van der Waals surface area contributed by atoms with Crippen LogP contribution in [0.3, 0.4) is 0 Å². The predicted octanol–water partition coefficient (Wildman–Crippen LogP) is 3.08. The highest BCUT2D eigenvalue weighted by atomic mass is 35.5. The fraction of sp³-hybridized carbons (Fsp3) is 0.278. The molecule has 6 nitrogen and oxygen atoms in total. The van der Waals surface area contributed by atoms with Crippen molar-refractivity contribution in [1.29, 1.82) is 0 Å². The van der Waals surface area contributed by atoms with Gasteiger partial charge in [0.25, 0.3) is 5.91 Å². The zero-order valence-corrected chi connectivity index (χ0v) is 16.2. The molecule has 0 aromatic heterocycles. The van der Waals surface area contributed by atoms with Gasteiger partial charge in [-0.1, -0.05) is 23.7 Å². The normalized spacial score (nSPS) is 11.8. The third-order valence-electron chi connectivity index (χ3n) is 3.59. The summed E-state index contributed by atoms with van der Waals surface area (Å²) < 4.78 is 22.1. The van der Waals surface area contributed by atoms with Crippen LogP contribution < -0.4 is 15.8 Å². The van der Waals surface area contributed by atoms with Crippen LogP contribution in [0.2, 0.25) is 5.02 Å². The monoisotopic (exact) mass is 396 g/mol. The number of carbonyl (C=O) groups excluding carboxylic acids is 1. The molecule has 0 saturated heterocycles. The molecule has 0 bridgehead atoms. The van der Waals surface area contributed by atoms with Crippen molar-refractivity contribution < 1.29 is 18.5 Å². The van der Waals surface area contributed by atoms with Crippen molar-refractivity contribution in [2.24, 2.45) is 0 Å². The molecule has 0 saturated carbocycles. The molecule has 140 valence electrons. The average Bonchev–Trinajstić information content (AvgIpc) is 2.62. The highest BCUT2D eigenvalue weighted by Gasteiger charge is 2.15. The van der Waals surface area contributed by atoms with Crippen molar-refractivity contribution in [1.82, 2.24) is 0 Å². The van der Waals surface area contributed by atoms with Gasteiger partial charge >= 0.3 is 0 Å². The van der Waals surface area contributed by atoms with Gasteiger partial charge in [0.1, 0.15) is 5.75 Å². The first-order chi connectivity index (χ1) is 12.4. The predicted molar refractivity (Wildman–Crippen MR) is 105 cm³/mol. The molecule has 1 atom stereocenters. The lowest BCUT2D eigenvalue weighted by molar-refractivity contribution is 0.102. The van der Waals surface area contributed by atoms with Crippen molar-refractivity contribution in [2.75, 3.05) is 37.6 Å². The topological polar surface area (TPSA) is 90.7 Å². The standard InChI is InChI=1S/C18H21ClN2O4S/c1-24-6-7-26(23)11-12-4-3-5-13(8-12)21-18(22)14-9-15(19)16(20)10-17(14)25-2/h3-5,8-10H,6-7,11,20H2,1-2H3,(H,21,22). The zero-order valence-electron chi connectivity index (χ0n) is 14.6. The van der Waals surface area contributed by atoms with Gasteiger partial charge in [-0.3, -0.25) is 9.00 Å². The first-order valence-electron chi connectivity index (χ1n) is 7.81. The van der Waals surface area contributed by atoms with Gasteiger partial charge in [0.2, 0.25) is 0 Å². The number of amides is 1. The van der Waals surface area contributed by atoms with Gasteiger partial charge in [-0.25, -0.2) is 0 Å². The molecule has 0 spiro atoms. The zero-order chi connectivity index (χ0) is 19.1. The Morgan fingerprint density at radius 2 is 2.04 bits per heavy atom. The van der Waals surface area contributed by atoms with Crippen LogP contribution in [0.25, 0.3) is 0 Å². The summed E-state index contributed by atoms with van der Waals surface area (Å²) in [5.74, 6) is 0.820. The molecule has 2 aromatic rings. The fourth-order valence-corrected chi connectivity index (χ4v) is 3.50. The highest BCUT2D eigenvalue weighted by molar-refractivity contribution is 7.84. The molecule has 1 unspecified atom stereocenters. The molecule has 2 rings (SSSR count). The Morgan fingerprint density at radius 1 is 1.27 bits per heavy atom. The van der Waals surface area contributed by atoms with Gasteiger partial charge in [0.05, 0.1) is 30.0 Å². The van der Waals surface area contributed by atoms with Crippen LogP contribution in [0.4, 0.5) is 11.4 Å². The Kier molecular flexibility index (Phi) is 7.44. The summed E-state index contributed by atoms with van der Waals surface area (Å²) in [5.41, 5.74) is 7.80. The third-order valence-corrected chi connectivity index (χ3v) is 5.20. The minimum atomic E-state index is -1.03. The number of methoxy groups -OCH3 is 2. The first kappa shape index (κ1) is 20.2. The second-order valence-electron chi connectivity index (χ2n) is 5.51. The summed E-state index contributed by atoms with van der Waals surface area (Å²) in [6.07, 6.45) is 0. The number of hydrogen-bond donors (Lipinski definition) is 2. The van der Waals surface area contributed by atoms with Crippen LogP contribution in [0.15, 0.2) is 36.4 Å². The van der Waals surface area contributed by atoms with Crippen molar-refractivity contribution in [3.8, 4) is 5.75 Å². The molecular weight excluding hydrogens is 376 g/mol. The van der Waals surface area contributed by atoms with Crippen molar-refractivity contribution >= 4 is 39.7 Å². The van der Waals surface area contributed by atoms with Crippen LogP contribution in [-0.2, 0) is 21.3 Å². The number of benzene rings is 2. The number of nitrogens with one attached hydrogen (secondary N) is 1. The third kappa shape index (κ3) is 5.45. The summed E-state index contributed by atoms with van der Waals surface area (Å²) >= 11 is 6.01. The highest BCUT2D eigenvalue weighted by Crippen LogP contribution is 2.29. The van der Waals surface area contributed by atoms with Gasteiger partial charge < -0.3 is 20.5 Å². The number of hydrogen-bond acceptors (Lipinski definition) is 5. The summed E-state index contributed by atoms with van der Waals surface area (Å²) in [5, 5.41) is 3.07. The average molecular weight is 397 g/mol. The molecule has 3 N–H and O–H groups in total. The number of nitrogen functional groups attached to an aromatic ring is 1. The number of rotatable bonds is 8. The summed E-state index contributed by atoms with van der Waals surface area (Å²) in [7, 11) is 2.00. The van der Waals surface area contributed by atoms with E-state index >= 15 is 0 Å². The van der Waals surface area contributed by atoms with Crippen LogP contribution >= 0.6 is 11.6 Å². The summed E-state index contributed by atoms with van der Waals surface area (Å²) in [6, 6.07) is 10.2. The summed E-state index contributed by atoms with van der Waals surface area (Å²) in [4.78, 5) is 12.6. The number of ether oxygens (including phenoxy) is 2. The Morgan fingerprint density at radius 3 is 2.73 bits per heavy atom. The van der Waals surface area contributed by atoms with E-state index in [9.17, 15) is 9.00 Å². The number of anilines is 2. The van der Waals surface area contributed by atoms with Crippen LogP contribution in [-0.4, -0.2) is 36.7 Å². The van der Waals surface area contributed by atoms with Gasteiger partial charge in [0, 0.05) is 41.2 Å². The van der Waals surface area contributed by atoms with Gasteiger partial charge in [-0.2, -0.15) is 0 Å². The van der Waals surface area contributed by atoms with Crippen molar-refractivity contribution in [2.45, 2.75) is 5.75 Å². The van der Waals surface area contributed by atoms with E-state index in [2.05, 4.69) is 5.32 Å². The fourth-order valence-electron chi connectivity index (χ4n) is 2.29. The molecular formula is C18H21ClN2O4S. The second-order valence-corrected chi connectivity index (χ2v) is 7.49. The number of carbonyl (C=O) groups is 1. The number of halogens is 1. The lowest BCUT2D eigenvalue weighted by atomic mass is 10.1. The molecule has 0 aliphatic carbocycles. The molecule has 26 heavy (non-hydrogen) atoms. The van der Waals surface area contributed by atoms with E-state index in [4.69, 9.17) is 26.8 Å². The molecule has 0 radical (unpaired) electrons. The Labute approximate surface area is 160 Å². The summed E-state index contributed by atoms with van der Waals surface area (Å²) in [6.45, 7) is 0.445. The van der Waals surface area contributed by atoms with Gasteiger partial charge in [0.15, 0.2) is 0 Å². The van der Waals surface area contributed by atoms with E-state index in [1.807, 2.05) is 6.07 Å². The molecule has 0 aliphatic heterocycles. The van der Waals surface area contributed by atoms with Gasteiger partial charge in [-0.05, 0) is 23.8 Å². The van der Waals surface area contributed by atoms with Gasteiger partial charge in [-0.15, -0.1) is 0 Å². The van der Waals surface area contributed by atoms with E-state index in [0.29, 0.717) is 35.2 Å². The largest absolute Gasteiger partial charge is 0.496 e. The molecule has 0 fully saturated rings. The Bertz CT molecular complexity index is 814. The Hall–Kier alpha value is -2.09. The van der Waals surface area contributed by atoms with Crippen molar-refractivity contribution in [3.63, 3.8) is 0 Å². The number of nitrogens with two attached hydrogens (primary N) is 1. The van der Waals surface area contributed by atoms with E-state index in [1.165, 1.54) is 19.2 Å². The molecule has 1 amide bonds. The first-order valence-corrected chi connectivity index (χ1v) is 9.68. The minimum absolute atomic E-state index is 0.276. The van der Waals surface area contributed by atoms with E-state index in [-0.39, 0.29) is 16.5 Å². The lowest BCUT2D eigenvalue weighted by Gasteiger charge is -2.12. The van der Waals surface area contributed by atoms with E-state index in [0.717, 1.165) is 5.56 Å². The van der Waals surface area contributed by atoms with E-state index in [1.54, 1.807) is 25.3 Å². The maximum atomic E-state index is 12.6. The maximum Gasteiger partial charge on any atom is 0.259 e. The molecule has 8 heteroatoms. The second kappa shape index (κ2) is 9.56. The SMILES string of the molecule is COCCS(=O)Cc1cccc(NC(=O)c2cc(Cl)c(N)cc2OC)c1. The Balaban J connectivity index is 2.14. The molecule has 0 heterocycles. The molecule has 2 aromatic carbocycles. The van der Waals surface area contributed by atoms with Crippen LogP contribution in [0.1, 0.15) is 15.9 Å². The quantitative estimate of drug-likeness (QED) is 0.669. The minimum Gasteiger partial charge on any atom is -0.496 e. The molecule has 0 aliphatic rings. The van der Waals surface area contributed by atoms with Crippen LogP contribution in [0, 0.1) is 0 Å². The van der Waals surface area contributed by atoms with Crippen LogP contribution in [0.5, 0.6) is 5.75 Å². The van der Waals surface area contributed by atoms with E-state index < -0.39 is 10.8 Å². The lowest BCUT2D eigenvalue weighted by Crippen LogP contribution is -2.14.